The van der Waals surface area contributed by atoms with Crippen molar-refractivity contribution in [1.82, 2.24) is 20.1 Å². The van der Waals surface area contributed by atoms with Crippen molar-refractivity contribution in [3.05, 3.63) is 89.9 Å². The molecule has 5 rings (SSSR count). The molecule has 246 valence electrons. The van der Waals surface area contributed by atoms with Crippen molar-refractivity contribution >= 4 is 34.2 Å². The molecule has 0 unspecified atom stereocenters. The number of carbonyl (C=O) groups excluding carboxylic acids is 1. The first kappa shape index (κ1) is 33.6. The standard InChI is InChI=1S/C34H35F3N6O3S/c1-21(2)29-19-28(45-5)15-16-30(29)42-17-6-18-47-33(42)40-32(44)39-23(4)22(3)24-7-9-25(10-8-24)31-38-20-43(41-31)26-11-13-27(14-12-26)46-34(35,36)37/h7-16,19-21H,6,17-18H2,1-5H3,(H,39,44)/b23-22+,40-33?. The number of nitrogens with one attached hydrogen (secondary N) is 1. The van der Waals surface area contributed by atoms with E-state index in [4.69, 9.17) is 4.74 Å². The molecule has 0 bridgehead atoms. The molecule has 0 spiro atoms. The molecule has 2 heterocycles. The van der Waals surface area contributed by atoms with Gasteiger partial charge in [-0.15, -0.1) is 18.3 Å². The highest BCUT2D eigenvalue weighted by molar-refractivity contribution is 8.14. The Morgan fingerprint density at radius 2 is 1.72 bits per heavy atom. The highest BCUT2D eigenvalue weighted by Crippen LogP contribution is 2.35. The number of anilines is 1. The number of benzene rings is 3. The van der Waals surface area contributed by atoms with Crippen LogP contribution in [0.15, 0.2) is 83.7 Å². The number of thioether (sulfide) groups is 1. The normalized spacial score (nSPS) is 15.1. The average molecular weight is 665 g/mol. The van der Waals surface area contributed by atoms with Crippen molar-refractivity contribution in [2.24, 2.45) is 4.99 Å². The van der Waals surface area contributed by atoms with Crippen LogP contribution in [-0.2, 0) is 0 Å². The lowest BCUT2D eigenvalue weighted by Crippen LogP contribution is -2.36. The molecule has 1 fully saturated rings. The van der Waals surface area contributed by atoms with Gasteiger partial charge in [-0.2, -0.15) is 4.99 Å². The Labute approximate surface area is 275 Å². The van der Waals surface area contributed by atoms with E-state index >= 15 is 0 Å². The number of allylic oxidation sites excluding steroid dienone is 2. The van der Waals surface area contributed by atoms with Gasteiger partial charge in [0.05, 0.1) is 12.8 Å². The Balaban J connectivity index is 1.27. The van der Waals surface area contributed by atoms with E-state index < -0.39 is 12.4 Å². The van der Waals surface area contributed by atoms with E-state index in [1.54, 1.807) is 18.9 Å². The van der Waals surface area contributed by atoms with Crippen LogP contribution in [-0.4, -0.2) is 51.7 Å². The SMILES string of the molecule is COc1ccc(N2CCCSC2=NC(=O)N/C(C)=C(\C)c2ccc(-c3ncn(-c4ccc(OC(F)(F)F)cc4)n3)cc2)c(C(C)C)c1. The van der Waals surface area contributed by atoms with Crippen LogP contribution in [0.3, 0.4) is 0 Å². The Bertz CT molecular complexity index is 1780. The summed E-state index contributed by atoms with van der Waals surface area (Å²) in [6.45, 7) is 8.79. The van der Waals surface area contributed by atoms with Gasteiger partial charge in [0.2, 0.25) is 0 Å². The van der Waals surface area contributed by atoms with Gasteiger partial charge in [-0.3, -0.25) is 0 Å². The molecule has 13 heteroatoms. The molecule has 1 aromatic heterocycles. The molecule has 1 aliphatic heterocycles. The van der Waals surface area contributed by atoms with Gasteiger partial charge in [-0.1, -0.05) is 49.9 Å². The molecule has 47 heavy (non-hydrogen) atoms. The van der Waals surface area contributed by atoms with Crippen molar-refractivity contribution in [3.63, 3.8) is 0 Å². The molecular formula is C34H35F3N6O3S. The van der Waals surface area contributed by atoms with Crippen LogP contribution in [0.4, 0.5) is 23.7 Å². The molecule has 9 nitrogen and oxygen atoms in total. The number of aromatic nitrogens is 3. The minimum atomic E-state index is -4.76. The number of carbonyl (C=O) groups is 1. The quantitative estimate of drug-likeness (QED) is 0.202. The van der Waals surface area contributed by atoms with Crippen LogP contribution in [0, 0.1) is 0 Å². The fraction of sp³-hybridized carbons (Fsp3) is 0.294. The predicted octanol–water partition coefficient (Wildman–Crippen LogP) is 8.42. The zero-order valence-electron chi connectivity index (χ0n) is 26.6. The molecule has 1 aliphatic rings. The van der Waals surface area contributed by atoms with Crippen molar-refractivity contribution < 1.29 is 27.4 Å². The summed E-state index contributed by atoms with van der Waals surface area (Å²) in [6, 6.07) is 18.5. The van der Waals surface area contributed by atoms with Crippen LogP contribution in [0.25, 0.3) is 22.6 Å². The van der Waals surface area contributed by atoms with E-state index in [1.165, 1.54) is 35.3 Å². The van der Waals surface area contributed by atoms with E-state index in [2.05, 4.69) is 43.9 Å². The second-order valence-corrected chi connectivity index (χ2v) is 12.2. The number of halogens is 3. The fourth-order valence-electron chi connectivity index (χ4n) is 5.02. The molecule has 1 N–H and O–H groups in total. The first-order chi connectivity index (χ1) is 22.4. The third-order valence-corrected chi connectivity index (χ3v) is 8.66. The number of ether oxygens (including phenoxy) is 2. The van der Waals surface area contributed by atoms with Crippen molar-refractivity contribution in [3.8, 4) is 28.6 Å². The van der Waals surface area contributed by atoms with Crippen LogP contribution in [0.1, 0.15) is 51.2 Å². The van der Waals surface area contributed by atoms with Crippen LogP contribution in [0.5, 0.6) is 11.5 Å². The second kappa shape index (κ2) is 14.3. The van der Waals surface area contributed by atoms with E-state index in [0.717, 1.165) is 52.4 Å². The summed E-state index contributed by atoms with van der Waals surface area (Å²) in [5.41, 5.74) is 5.87. The number of aliphatic imine (C=N–C) groups is 1. The third kappa shape index (κ3) is 8.33. The maximum absolute atomic E-state index is 13.1. The molecular weight excluding hydrogens is 629 g/mol. The summed E-state index contributed by atoms with van der Waals surface area (Å²) < 4.78 is 48.2. The van der Waals surface area contributed by atoms with Gasteiger partial charge in [-0.05, 0) is 85.4 Å². The number of hydrogen-bond donors (Lipinski definition) is 1. The fourth-order valence-corrected chi connectivity index (χ4v) is 5.97. The number of methoxy groups -OCH3 is 1. The number of alkyl halides is 3. The van der Waals surface area contributed by atoms with Gasteiger partial charge < -0.3 is 19.7 Å². The third-order valence-electron chi connectivity index (χ3n) is 7.59. The van der Waals surface area contributed by atoms with E-state index in [1.807, 2.05) is 56.3 Å². The molecule has 0 atom stereocenters. The van der Waals surface area contributed by atoms with Gasteiger partial charge in [0.25, 0.3) is 0 Å². The molecule has 0 radical (unpaired) electrons. The minimum Gasteiger partial charge on any atom is -0.497 e. The van der Waals surface area contributed by atoms with Gasteiger partial charge in [0.15, 0.2) is 11.0 Å². The van der Waals surface area contributed by atoms with Crippen LogP contribution < -0.4 is 19.7 Å². The number of rotatable bonds is 8. The largest absolute Gasteiger partial charge is 0.573 e. The number of amidine groups is 1. The van der Waals surface area contributed by atoms with E-state index in [9.17, 15) is 18.0 Å². The number of amides is 2. The molecule has 0 aliphatic carbocycles. The summed E-state index contributed by atoms with van der Waals surface area (Å²) in [4.78, 5) is 24.0. The molecule has 1 saturated heterocycles. The van der Waals surface area contributed by atoms with Gasteiger partial charge in [0, 0.05) is 29.2 Å². The number of urea groups is 1. The number of hydrogen-bond acceptors (Lipinski definition) is 6. The summed E-state index contributed by atoms with van der Waals surface area (Å²) in [6.07, 6.45) is -2.29. The minimum absolute atomic E-state index is 0.260. The van der Waals surface area contributed by atoms with Gasteiger partial charge in [-0.25, -0.2) is 14.5 Å². The smallest absolute Gasteiger partial charge is 0.497 e. The Morgan fingerprint density at radius 3 is 2.38 bits per heavy atom. The topological polar surface area (TPSA) is 93.9 Å². The van der Waals surface area contributed by atoms with E-state index in [-0.39, 0.29) is 11.7 Å². The monoisotopic (exact) mass is 664 g/mol. The van der Waals surface area contributed by atoms with Crippen LogP contribution >= 0.6 is 11.8 Å². The second-order valence-electron chi connectivity index (χ2n) is 11.1. The highest BCUT2D eigenvalue weighted by atomic mass is 32.2. The lowest BCUT2D eigenvalue weighted by molar-refractivity contribution is -0.274. The summed E-state index contributed by atoms with van der Waals surface area (Å²) in [5, 5.41) is 8.05. The molecule has 0 saturated carbocycles. The zero-order valence-corrected chi connectivity index (χ0v) is 27.4. The lowest BCUT2D eigenvalue weighted by Gasteiger charge is -2.32. The summed E-state index contributed by atoms with van der Waals surface area (Å²) >= 11 is 1.57. The first-order valence-electron chi connectivity index (χ1n) is 15.0. The molecule has 2 amide bonds. The van der Waals surface area contributed by atoms with Crippen molar-refractivity contribution in [1.29, 1.82) is 0 Å². The summed E-state index contributed by atoms with van der Waals surface area (Å²) in [5.74, 6) is 2.06. The molecule has 3 aromatic carbocycles. The first-order valence-corrected chi connectivity index (χ1v) is 15.9. The Kier molecular flexibility index (Phi) is 10.2. The average Bonchev–Trinajstić information content (AvgIpc) is 3.54. The van der Waals surface area contributed by atoms with Gasteiger partial charge in [0.1, 0.15) is 17.8 Å². The molecule has 4 aromatic rings. The maximum atomic E-state index is 13.1. The number of nitrogens with zero attached hydrogens (tertiary/aromatic N) is 5. The Hall–Kier alpha value is -4.78. The summed E-state index contributed by atoms with van der Waals surface area (Å²) in [7, 11) is 1.65. The van der Waals surface area contributed by atoms with Crippen LogP contribution in [0.2, 0.25) is 0 Å². The lowest BCUT2D eigenvalue weighted by atomic mass is 10.00. The van der Waals surface area contributed by atoms with E-state index in [0.29, 0.717) is 22.4 Å². The maximum Gasteiger partial charge on any atom is 0.573 e. The predicted molar refractivity (Wildman–Crippen MR) is 179 cm³/mol. The zero-order chi connectivity index (χ0) is 33.7. The van der Waals surface area contributed by atoms with Crippen molar-refractivity contribution in [2.75, 3.05) is 24.3 Å². The van der Waals surface area contributed by atoms with Gasteiger partial charge >= 0.3 is 12.4 Å². The Morgan fingerprint density at radius 1 is 1.02 bits per heavy atom. The van der Waals surface area contributed by atoms with Crippen molar-refractivity contribution in [2.45, 2.75) is 46.4 Å². The highest BCUT2D eigenvalue weighted by Gasteiger charge is 2.31.